The van der Waals surface area contributed by atoms with Crippen molar-refractivity contribution in [1.29, 1.82) is 0 Å². The molecule has 180 valence electrons. The van der Waals surface area contributed by atoms with E-state index in [9.17, 15) is 9.59 Å². The molecule has 2 amide bonds. The smallest absolute Gasteiger partial charge is 0.410 e. The molecule has 8 nitrogen and oxygen atoms in total. The van der Waals surface area contributed by atoms with Gasteiger partial charge in [-0.05, 0) is 71.2 Å². The van der Waals surface area contributed by atoms with E-state index < -0.39 is 5.60 Å². The molecule has 0 bridgehead atoms. The number of fused-ring (bicyclic) bond motifs is 1. The average molecular weight is 484 g/mol. The van der Waals surface area contributed by atoms with Crippen molar-refractivity contribution in [3.8, 4) is 0 Å². The van der Waals surface area contributed by atoms with Crippen LogP contribution in [0.25, 0.3) is 11.0 Å². The Labute approximate surface area is 204 Å². The Hall–Kier alpha value is -3.13. The number of anilines is 1. The first-order valence-corrected chi connectivity index (χ1v) is 11.9. The van der Waals surface area contributed by atoms with E-state index in [1.54, 1.807) is 23.2 Å². The third-order valence-corrected chi connectivity index (χ3v) is 6.01. The highest BCUT2D eigenvalue weighted by molar-refractivity contribution is 6.35. The van der Waals surface area contributed by atoms with Gasteiger partial charge in [0.25, 0.3) is 5.91 Å². The van der Waals surface area contributed by atoms with Crippen LogP contribution < -0.4 is 5.32 Å². The van der Waals surface area contributed by atoms with Gasteiger partial charge in [-0.3, -0.25) is 15.1 Å². The Morgan fingerprint density at radius 3 is 2.74 bits per heavy atom. The summed E-state index contributed by atoms with van der Waals surface area (Å²) >= 11 is 6.61. The lowest BCUT2D eigenvalue weighted by molar-refractivity contribution is 0.0238. The second kappa shape index (κ2) is 9.62. The Bertz CT molecular complexity index is 1220. The molecule has 3 heterocycles. The maximum absolute atomic E-state index is 13.1. The van der Waals surface area contributed by atoms with E-state index in [4.69, 9.17) is 21.3 Å². The van der Waals surface area contributed by atoms with Crippen molar-refractivity contribution in [3.63, 3.8) is 0 Å². The molecule has 1 atom stereocenters. The minimum Gasteiger partial charge on any atom is -0.444 e. The van der Waals surface area contributed by atoms with Crippen molar-refractivity contribution < 1.29 is 14.3 Å². The van der Waals surface area contributed by atoms with Gasteiger partial charge in [-0.1, -0.05) is 17.7 Å². The number of amides is 2. The van der Waals surface area contributed by atoms with Gasteiger partial charge in [-0.25, -0.2) is 9.78 Å². The predicted octanol–water partition coefficient (Wildman–Crippen LogP) is 5.61. The van der Waals surface area contributed by atoms with Crippen LogP contribution in [0, 0.1) is 6.92 Å². The van der Waals surface area contributed by atoms with Crippen LogP contribution >= 0.6 is 11.6 Å². The normalized spacial score (nSPS) is 16.9. The van der Waals surface area contributed by atoms with Crippen LogP contribution in [0.15, 0.2) is 36.5 Å². The first-order chi connectivity index (χ1) is 16.1. The first-order valence-electron chi connectivity index (χ1n) is 11.5. The highest BCUT2D eigenvalue weighted by atomic mass is 35.5. The number of hydrogen-bond acceptors (Lipinski definition) is 5. The van der Waals surface area contributed by atoms with Gasteiger partial charge >= 0.3 is 6.09 Å². The van der Waals surface area contributed by atoms with Crippen LogP contribution in [0.1, 0.15) is 62.1 Å². The van der Waals surface area contributed by atoms with Gasteiger partial charge in [0, 0.05) is 30.5 Å². The third kappa shape index (κ3) is 5.33. The third-order valence-electron chi connectivity index (χ3n) is 5.71. The summed E-state index contributed by atoms with van der Waals surface area (Å²) in [5, 5.41) is 3.50. The highest BCUT2D eigenvalue weighted by Gasteiger charge is 2.30. The number of pyridine rings is 1. The Morgan fingerprint density at radius 1 is 1.21 bits per heavy atom. The molecule has 3 aromatic rings. The molecule has 2 aromatic heterocycles. The van der Waals surface area contributed by atoms with Gasteiger partial charge in [-0.2, -0.15) is 0 Å². The van der Waals surface area contributed by atoms with E-state index in [2.05, 4.69) is 10.3 Å². The van der Waals surface area contributed by atoms with Crippen LogP contribution in [0.5, 0.6) is 0 Å². The number of aryl methyl sites for hydroxylation is 1. The molecule has 0 aliphatic carbocycles. The minimum absolute atomic E-state index is 0.130. The fourth-order valence-corrected chi connectivity index (χ4v) is 4.49. The second-order valence-electron chi connectivity index (χ2n) is 9.63. The predicted molar refractivity (Wildman–Crippen MR) is 132 cm³/mol. The van der Waals surface area contributed by atoms with E-state index in [-0.39, 0.29) is 18.0 Å². The lowest BCUT2D eigenvalue weighted by Crippen LogP contribution is -2.39. The fourth-order valence-electron chi connectivity index (χ4n) is 4.23. The largest absolute Gasteiger partial charge is 0.444 e. The van der Waals surface area contributed by atoms with Crippen LogP contribution in [0.4, 0.5) is 10.7 Å². The van der Waals surface area contributed by atoms with Crippen LogP contribution in [-0.4, -0.2) is 50.1 Å². The quantitative estimate of drug-likeness (QED) is 0.523. The zero-order valence-corrected chi connectivity index (χ0v) is 20.7. The van der Waals surface area contributed by atoms with Crippen molar-refractivity contribution >= 4 is 40.6 Å². The standard InChI is InChI=1S/C25H30ClN5O3/c1-16-14-17(11-12-27-16)22(32)29-23-28-20-10-7-9-19(26)21(20)31(23)18-8-5-6-13-30(15-18)24(33)34-25(2,3)4/h7,9-12,14,18H,5-6,8,13,15H2,1-4H3,(H,28,29,32)/t18-/m0/s1. The van der Waals surface area contributed by atoms with Gasteiger partial charge in [0.2, 0.25) is 5.95 Å². The Kier molecular flexibility index (Phi) is 6.79. The SMILES string of the molecule is Cc1cc(C(=O)Nc2nc3cccc(Cl)c3n2[C@H]2CCCCN(C(=O)OC(C)(C)C)C2)ccn1. The molecule has 34 heavy (non-hydrogen) atoms. The monoisotopic (exact) mass is 483 g/mol. The van der Waals surface area contributed by atoms with Crippen molar-refractivity contribution in [2.45, 2.75) is 58.6 Å². The maximum Gasteiger partial charge on any atom is 0.410 e. The Balaban J connectivity index is 1.71. The number of imidazole rings is 1. The van der Waals surface area contributed by atoms with Gasteiger partial charge in [0.15, 0.2) is 0 Å². The fraction of sp³-hybridized carbons (Fsp3) is 0.440. The van der Waals surface area contributed by atoms with Crippen molar-refractivity contribution in [2.24, 2.45) is 0 Å². The number of nitrogens with zero attached hydrogens (tertiary/aromatic N) is 4. The lowest BCUT2D eigenvalue weighted by atomic mass is 10.1. The van der Waals surface area contributed by atoms with E-state index in [1.807, 2.05) is 50.5 Å². The molecule has 4 rings (SSSR count). The number of likely N-dealkylation sites (tertiary alicyclic amines) is 1. The molecule has 1 fully saturated rings. The molecular weight excluding hydrogens is 454 g/mol. The maximum atomic E-state index is 13.1. The number of benzene rings is 1. The molecule has 9 heteroatoms. The zero-order valence-electron chi connectivity index (χ0n) is 20.0. The molecule has 0 radical (unpaired) electrons. The van der Waals surface area contributed by atoms with E-state index in [1.165, 1.54) is 0 Å². The highest BCUT2D eigenvalue weighted by Crippen LogP contribution is 2.34. The topological polar surface area (TPSA) is 89.4 Å². The van der Waals surface area contributed by atoms with Crippen molar-refractivity contribution in [3.05, 3.63) is 52.8 Å². The number of rotatable bonds is 3. The lowest BCUT2D eigenvalue weighted by Gasteiger charge is -2.29. The summed E-state index contributed by atoms with van der Waals surface area (Å²) in [5.74, 6) is 0.120. The zero-order chi connectivity index (χ0) is 24.5. The number of halogens is 1. The number of ether oxygens (including phenoxy) is 1. The molecule has 0 spiro atoms. The first kappa shape index (κ1) is 24.0. The van der Waals surface area contributed by atoms with Gasteiger partial charge in [0.05, 0.1) is 22.1 Å². The number of nitrogens with one attached hydrogen (secondary N) is 1. The molecule has 1 aliphatic rings. The average Bonchev–Trinajstić information content (AvgIpc) is 2.95. The summed E-state index contributed by atoms with van der Waals surface area (Å²) in [6.45, 7) is 8.46. The van der Waals surface area contributed by atoms with Crippen LogP contribution in [0.3, 0.4) is 0 Å². The van der Waals surface area contributed by atoms with Gasteiger partial charge in [0.1, 0.15) is 5.60 Å². The number of aromatic nitrogens is 3. The van der Waals surface area contributed by atoms with Gasteiger partial charge in [-0.15, -0.1) is 0 Å². The summed E-state index contributed by atoms with van der Waals surface area (Å²) in [6, 6.07) is 8.77. The van der Waals surface area contributed by atoms with Crippen molar-refractivity contribution in [2.75, 3.05) is 18.4 Å². The van der Waals surface area contributed by atoms with Crippen LogP contribution in [0.2, 0.25) is 5.02 Å². The molecular formula is C25H30ClN5O3. The van der Waals surface area contributed by atoms with Crippen LogP contribution in [-0.2, 0) is 4.74 Å². The Morgan fingerprint density at radius 2 is 2.00 bits per heavy atom. The summed E-state index contributed by atoms with van der Waals surface area (Å²) in [7, 11) is 0. The number of carbonyl (C=O) groups is 2. The number of para-hydroxylation sites is 1. The molecule has 0 unspecified atom stereocenters. The minimum atomic E-state index is -0.578. The van der Waals surface area contributed by atoms with E-state index in [0.29, 0.717) is 35.1 Å². The summed E-state index contributed by atoms with van der Waals surface area (Å²) in [5.41, 5.74) is 2.09. The van der Waals surface area contributed by atoms with E-state index >= 15 is 0 Å². The molecule has 1 N–H and O–H groups in total. The molecule has 1 aromatic carbocycles. The second-order valence-corrected chi connectivity index (χ2v) is 10.0. The summed E-state index contributed by atoms with van der Waals surface area (Å²) in [4.78, 5) is 36.5. The summed E-state index contributed by atoms with van der Waals surface area (Å²) in [6.07, 6.45) is 3.87. The molecule has 1 aliphatic heterocycles. The number of carbonyl (C=O) groups excluding carboxylic acids is 2. The van der Waals surface area contributed by atoms with E-state index in [0.717, 1.165) is 30.5 Å². The van der Waals surface area contributed by atoms with Crippen molar-refractivity contribution in [1.82, 2.24) is 19.4 Å². The number of hydrogen-bond donors (Lipinski definition) is 1. The molecule has 1 saturated heterocycles. The molecule has 0 saturated carbocycles. The van der Waals surface area contributed by atoms with Gasteiger partial charge < -0.3 is 14.2 Å². The summed E-state index contributed by atoms with van der Waals surface area (Å²) < 4.78 is 7.60.